The van der Waals surface area contributed by atoms with Crippen LogP contribution < -0.4 is 0 Å². The van der Waals surface area contributed by atoms with Crippen molar-refractivity contribution in [1.82, 2.24) is 4.90 Å². The second-order valence-electron chi connectivity index (χ2n) is 9.18. The Morgan fingerprint density at radius 3 is 2.27 bits per heavy atom. The molecule has 7 heteroatoms. The molecule has 0 radical (unpaired) electrons. The number of rotatable bonds is 3. The van der Waals surface area contributed by atoms with E-state index < -0.39 is 13.9 Å². The predicted molar refractivity (Wildman–Crippen MR) is 102 cm³/mol. The van der Waals surface area contributed by atoms with E-state index in [-0.39, 0.29) is 30.1 Å². The Labute approximate surface area is 158 Å². The van der Waals surface area contributed by atoms with Crippen LogP contribution in [0.2, 0.25) is 19.6 Å². The minimum Gasteiger partial charge on any atom is -0.548 e. The van der Waals surface area contributed by atoms with Crippen molar-refractivity contribution < 1.29 is 23.5 Å². The molecule has 2 bridgehead atoms. The number of carbonyl (C=O) groups is 2. The fourth-order valence-electron chi connectivity index (χ4n) is 3.96. The number of amides is 1. The SMILES string of the molecule is COC(=O)[C@@H]1C/C(=C(/C)O[Si](C)(C)C)[C@@H]2CC[C@H]1N2C(=O)OC(C)(C)C. The third-order valence-corrected chi connectivity index (χ3v) is 5.67. The minimum atomic E-state index is -1.79. The number of methoxy groups -OCH3 is 1. The molecule has 0 aromatic carbocycles. The normalized spacial score (nSPS) is 27.8. The number of hydrogen-bond donors (Lipinski definition) is 0. The highest BCUT2D eigenvalue weighted by atomic mass is 28.4. The Hall–Kier alpha value is -1.50. The van der Waals surface area contributed by atoms with Crippen LogP contribution in [-0.4, -0.2) is 50.1 Å². The van der Waals surface area contributed by atoms with Crippen molar-refractivity contribution in [2.75, 3.05) is 7.11 Å². The van der Waals surface area contributed by atoms with Crippen LogP contribution in [0.5, 0.6) is 0 Å². The molecule has 2 heterocycles. The number of hydrogen-bond acceptors (Lipinski definition) is 5. The Kier molecular flexibility index (Phi) is 5.80. The summed E-state index contributed by atoms with van der Waals surface area (Å²) in [5.41, 5.74) is 0.449. The van der Waals surface area contributed by atoms with Crippen molar-refractivity contribution in [3.8, 4) is 0 Å². The molecule has 0 N–H and O–H groups in total. The molecule has 0 aromatic rings. The average Bonchev–Trinajstić information content (AvgIpc) is 2.79. The van der Waals surface area contributed by atoms with E-state index in [1.165, 1.54) is 7.11 Å². The lowest BCUT2D eigenvalue weighted by molar-refractivity contribution is -0.148. The molecule has 0 aromatic heterocycles. The van der Waals surface area contributed by atoms with Crippen LogP contribution in [0.4, 0.5) is 4.79 Å². The number of allylic oxidation sites excluding steroid dienone is 1. The second kappa shape index (κ2) is 7.25. The molecular weight excluding hydrogens is 350 g/mol. The van der Waals surface area contributed by atoms with Gasteiger partial charge in [0, 0.05) is 6.04 Å². The van der Waals surface area contributed by atoms with Gasteiger partial charge in [0.25, 0.3) is 0 Å². The van der Waals surface area contributed by atoms with E-state index in [1.807, 2.05) is 27.7 Å². The number of fused-ring (bicyclic) bond motifs is 2. The number of esters is 1. The van der Waals surface area contributed by atoms with Crippen LogP contribution in [0, 0.1) is 5.92 Å². The van der Waals surface area contributed by atoms with Gasteiger partial charge in [0.2, 0.25) is 8.32 Å². The van der Waals surface area contributed by atoms with Crippen molar-refractivity contribution in [2.24, 2.45) is 5.92 Å². The quantitative estimate of drug-likeness (QED) is 0.417. The summed E-state index contributed by atoms with van der Waals surface area (Å²) < 4.78 is 16.9. The van der Waals surface area contributed by atoms with Crippen LogP contribution >= 0.6 is 0 Å². The Morgan fingerprint density at radius 2 is 1.77 bits per heavy atom. The molecule has 2 fully saturated rings. The van der Waals surface area contributed by atoms with Crippen LogP contribution in [0.15, 0.2) is 11.3 Å². The maximum absolute atomic E-state index is 12.9. The topological polar surface area (TPSA) is 65.1 Å². The first-order valence-electron chi connectivity index (χ1n) is 9.32. The molecule has 2 rings (SSSR count). The Balaban J connectivity index is 2.41. The van der Waals surface area contributed by atoms with E-state index >= 15 is 0 Å². The zero-order valence-electron chi connectivity index (χ0n) is 17.3. The van der Waals surface area contributed by atoms with Crippen molar-refractivity contribution >= 4 is 20.4 Å². The van der Waals surface area contributed by atoms with E-state index in [1.54, 1.807) is 4.90 Å². The molecule has 1 amide bonds. The zero-order chi connectivity index (χ0) is 19.9. The van der Waals surface area contributed by atoms with Gasteiger partial charge in [-0.25, -0.2) is 4.79 Å². The maximum atomic E-state index is 12.9. The van der Waals surface area contributed by atoms with Gasteiger partial charge in [0.1, 0.15) is 5.60 Å². The Morgan fingerprint density at radius 1 is 1.15 bits per heavy atom. The molecule has 2 aliphatic heterocycles. The van der Waals surface area contributed by atoms with Crippen LogP contribution in [0.3, 0.4) is 0 Å². The summed E-state index contributed by atoms with van der Waals surface area (Å²) in [5, 5.41) is 0. The van der Waals surface area contributed by atoms with E-state index in [0.29, 0.717) is 6.42 Å². The lowest BCUT2D eigenvalue weighted by Crippen LogP contribution is -2.53. The second-order valence-corrected chi connectivity index (χ2v) is 13.6. The summed E-state index contributed by atoms with van der Waals surface area (Å²) >= 11 is 0. The number of ether oxygens (including phenoxy) is 2. The summed E-state index contributed by atoms with van der Waals surface area (Å²) in [6.07, 6.45) is 1.81. The molecule has 6 nitrogen and oxygen atoms in total. The molecule has 148 valence electrons. The molecule has 0 unspecified atom stereocenters. The van der Waals surface area contributed by atoms with Gasteiger partial charge in [-0.3, -0.25) is 9.69 Å². The summed E-state index contributed by atoms with van der Waals surface area (Å²) in [7, 11) is -0.388. The number of carbonyl (C=O) groups excluding carboxylic acids is 2. The van der Waals surface area contributed by atoms with E-state index in [0.717, 1.165) is 24.2 Å². The highest BCUT2D eigenvalue weighted by Gasteiger charge is 2.52. The van der Waals surface area contributed by atoms with Gasteiger partial charge in [-0.05, 0) is 72.2 Å². The van der Waals surface area contributed by atoms with Gasteiger partial charge in [-0.2, -0.15) is 0 Å². The molecule has 26 heavy (non-hydrogen) atoms. The molecular formula is C19H33NO5Si. The minimum absolute atomic E-state index is 0.0629. The lowest BCUT2D eigenvalue weighted by Gasteiger charge is -2.41. The van der Waals surface area contributed by atoms with E-state index in [2.05, 4.69) is 19.6 Å². The Bertz CT molecular complexity index is 602. The summed E-state index contributed by atoms with van der Waals surface area (Å²) in [6.45, 7) is 13.9. The van der Waals surface area contributed by atoms with E-state index in [9.17, 15) is 9.59 Å². The zero-order valence-corrected chi connectivity index (χ0v) is 18.3. The van der Waals surface area contributed by atoms with Crippen LogP contribution in [0.1, 0.15) is 47.0 Å². The highest BCUT2D eigenvalue weighted by Crippen LogP contribution is 2.44. The third-order valence-electron chi connectivity index (χ3n) is 4.76. The van der Waals surface area contributed by atoms with Crippen molar-refractivity contribution in [1.29, 1.82) is 0 Å². The highest BCUT2D eigenvalue weighted by molar-refractivity contribution is 6.70. The molecule has 0 aliphatic carbocycles. The summed E-state index contributed by atoms with van der Waals surface area (Å²) in [4.78, 5) is 27.0. The summed E-state index contributed by atoms with van der Waals surface area (Å²) in [5.74, 6) is 0.195. The predicted octanol–water partition coefficient (Wildman–Crippen LogP) is 4.07. The molecule has 0 spiro atoms. The molecule has 3 atom stereocenters. The smallest absolute Gasteiger partial charge is 0.411 e. The maximum Gasteiger partial charge on any atom is 0.411 e. The first-order valence-corrected chi connectivity index (χ1v) is 12.7. The van der Waals surface area contributed by atoms with Gasteiger partial charge in [-0.15, -0.1) is 0 Å². The van der Waals surface area contributed by atoms with Crippen molar-refractivity contribution in [3.63, 3.8) is 0 Å². The first-order chi connectivity index (χ1) is 11.8. The first kappa shape index (κ1) is 20.8. The molecule has 2 aliphatic rings. The summed E-state index contributed by atoms with van der Waals surface area (Å²) in [6, 6.07) is -0.238. The fraction of sp³-hybridized carbons (Fsp3) is 0.789. The number of nitrogens with zero attached hydrogens (tertiary/aromatic N) is 1. The fourth-order valence-corrected chi connectivity index (χ4v) is 5.01. The molecule has 2 saturated heterocycles. The van der Waals surface area contributed by atoms with Gasteiger partial charge < -0.3 is 13.9 Å². The van der Waals surface area contributed by atoms with Crippen LogP contribution in [0.25, 0.3) is 0 Å². The monoisotopic (exact) mass is 383 g/mol. The van der Waals surface area contributed by atoms with Crippen LogP contribution in [-0.2, 0) is 18.7 Å². The van der Waals surface area contributed by atoms with Gasteiger partial charge in [0.15, 0.2) is 0 Å². The third kappa shape index (κ3) is 4.61. The van der Waals surface area contributed by atoms with Crippen molar-refractivity contribution in [2.45, 2.75) is 84.3 Å². The standard InChI is InChI=1S/C19H33NO5Si/c1-12(25-26(6,7)8)13-11-14(17(21)23-5)16-10-9-15(13)20(16)18(22)24-19(2,3)4/h14-16H,9-11H2,1-8H3/b13-12+/t14-,15+,16-/m1/s1. The van der Waals surface area contributed by atoms with Crippen molar-refractivity contribution in [3.05, 3.63) is 11.3 Å². The lowest BCUT2D eigenvalue weighted by atomic mass is 9.86. The number of piperidine rings is 1. The largest absolute Gasteiger partial charge is 0.548 e. The van der Waals surface area contributed by atoms with E-state index in [4.69, 9.17) is 13.9 Å². The molecule has 0 saturated carbocycles. The van der Waals surface area contributed by atoms with Gasteiger partial charge in [-0.1, -0.05) is 0 Å². The van der Waals surface area contributed by atoms with Gasteiger partial charge in [0.05, 0.1) is 24.8 Å². The van der Waals surface area contributed by atoms with Gasteiger partial charge >= 0.3 is 12.1 Å². The average molecular weight is 384 g/mol.